The maximum atomic E-state index is 12.0. The molecule has 0 bridgehead atoms. The molecule has 0 spiro atoms. The van der Waals surface area contributed by atoms with E-state index in [0.717, 1.165) is 23.6 Å². The highest BCUT2D eigenvalue weighted by Gasteiger charge is 2.19. The Labute approximate surface area is 120 Å². The average Bonchev–Trinajstić information content (AvgIpc) is 2.35. The summed E-state index contributed by atoms with van der Waals surface area (Å²) >= 11 is 0. The van der Waals surface area contributed by atoms with E-state index in [1.165, 1.54) is 19.3 Å². The van der Waals surface area contributed by atoms with Crippen LogP contribution in [0.25, 0.3) is 0 Å². The normalized spacial score (nSPS) is 16.5. The predicted molar refractivity (Wildman–Crippen MR) is 81.6 cm³/mol. The number of nitrogen functional groups attached to an aromatic ring is 1. The summed E-state index contributed by atoms with van der Waals surface area (Å²) in [6, 6.07) is 5.45. The second-order valence-corrected chi connectivity index (χ2v) is 5.66. The summed E-state index contributed by atoms with van der Waals surface area (Å²) in [7, 11) is 0. The Morgan fingerprint density at radius 2 is 2.25 bits per heavy atom. The van der Waals surface area contributed by atoms with Crippen molar-refractivity contribution in [1.29, 1.82) is 0 Å². The largest absolute Gasteiger partial charge is 0.399 e. The van der Waals surface area contributed by atoms with Crippen LogP contribution in [-0.2, 0) is 9.53 Å². The summed E-state index contributed by atoms with van der Waals surface area (Å²) in [5.74, 6) is 0.705. The summed E-state index contributed by atoms with van der Waals surface area (Å²) in [6.45, 7) is 4.39. The monoisotopic (exact) mass is 276 g/mol. The molecule has 0 aromatic heterocycles. The van der Waals surface area contributed by atoms with Gasteiger partial charge in [-0.1, -0.05) is 19.3 Å². The Hall–Kier alpha value is -1.55. The highest BCUT2D eigenvalue weighted by Crippen LogP contribution is 2.29. The highest BCUT2D eigenvalue weighted by atomic mass is 16.5. The van der Waals surface area contributed by atoms with Crippen molar-refractivity contribution < 1.29 is 9.53 Å². The zero-order chi connectivity index (χ0) is 14.5. The second kappa shape index (κ2) is 6.75. The molecule has 0 radical (unpaired) electrons. The number of amides is 1. The number of aryl methyl sites for hydroxylation is 1. The van der Waals surface area contributed by atoms with Crippen LogP contribution in [0, 0.1) is 12.8 Å². The predicted octanol–water partition coefficient (Wildman–Crippen LogP) is 3.11. The van der Waals surface area contributed by atoms with Gasteiger partial charge in [-0.3, -0.25) is 4.79 Å². The maximum absolute atomic E-state index is 12.0. The first-order valence-electron chi connectivity index (χ1n) is 7.35. The zero-order valence-electron chi connectivity index (χ0n) is 12.3. The van der Waals surface area contributed by atoms with E-state index in [2.05, 4.69) is 5.32 Å². The molecule has 1 aromatic rings. The Bertz CT molecular complexity index is 470. The lowest BCUT2D eigenvalue weighted by atomic mass is 9.83. The lowest BCUT2D eigenvalue weighted by Gasteiger charge is -2.25. The lowest BCUT2D eigenvalue weighted by Crippen LogP contribution is -2.29. The minimum Gasteiger partial charge on any atom is -0.399 e. The van der Waals surface area contributed by atoms with Crippen molar-refractivity contribution in [2.75, 3.05) is 17.7 Å². The summed E-state index contributed by atoms with van der Waals surface area (Å²) < 4.78 is 5.61. The molecule has 0 aliphatic heterocycles. The molecule has 0 saturated heterocycles. The fourth-order valence-electron chi connectivity index (χ4n) is 2.33. The molecule has 4 heteroatoms. The first-order valence-corrected chi connectivity index (χ1v) is 7.35. The van der Waals surface area contributed by atoms with E-state index in [1.807, 2.05) is 19.1 Å². The van der Waals surface area contributed by atoms with Gasteiger partial charge in [-0.15, -0.1) is 0 Å². The van der Waals surface area contributed by atoms with Crippen LogP contribution in [0.1, 0.15) is 38.2 Å². The Kier molecular flexibility index (Phi) is 5.01. The SMILES string of the molecule is Cc1cc(N)ccc1NC(=O)C(C)OCCC1CCC1. The van der Waals surface area contributed by atoms with Crippen LogP contribution in [0.5, 0.6) is 0 Å². The van der Waals surface area contributed by atoms with Crippen LogP contribution in [0.15, 0.2) is 18.2 Å². The van der Waals surface area contributed by atoms with Crippen LogP contribution >= 0.6 is 0 Å². The van der Waals surface area contributed by atoms with Gasteiger partial charge in [-0.25, -0.2) is 0 Å². The van der Waals surface area contributed by atoms with E-state index in [1.54, 1.807) is 13.0 Å². The third-order valence-corrected chi connectivity index (χ3v) is 4.00. The van der Waals surface area contributed by atoms with Crippen LogP contribution < -0.4 is 11.1 Å². The number of carbonyl (C=O) groups is 1. The number of ether oxygens (including phenoxy) is 1. The molecule has 0 heterocycles. The van der Waals surface area contributed by atoms with Gasteiger partial charge in [-0.05, 0) is 49.9 Å². The first kappa shape index (κ1) is 14.9. The number of nitrogens with two attached hydrogens (primary N) is 1. The van der Waals surface area contributed by atoms with Gasteiger partial charge >= 0.3 is 0 Å². The minimum atomic E-state index is -0.424. The summed E-state index contributed by atoms with van der Waals surface area (Å²) in [5.41, 5.74) is 8.14. The molecule has 4 nitrogen and oxygen atoms in total. The van der Waals surface area contributed by atoms with E-state index in [0.29, 0.717) is 12.3 Å². The van der Waals surface area contributed by atoms with E-state index < -0.39 is 6.10 Å². The van der Waals surface area contributed by atoms with Gasteiger partial charge in [-0.2, -0.15) is 0 Å². The molecule has 1 aromatic carbocycles. The van der Waals surface area contributed by atoms with Crippen molar-refractivity contribution in [2.45, 2.75) is 45.6 Å². The molecule has 3 N–H and O–H groups in total. The van der Waals surface area contributed by atoms with Gasteiger partial charge in [0.15, 0.2) is 0 Å². The first-order chi connectivity index (χ1) is 9.56. The minimum absolute atomic E-state index is 0.105. The van der Waals surface area contributed by atoms with Gasteiger partial charge in [0.25, 0.3) is 5.91 Å². The van der Waals surface area contributed by atoms with Crippen LogP contribution in [0.3, 0.4) is 0 Å². The standard InChI is InChI=1S/C16H24N2O2/c1-11-10-14(17)6-7-15(11)18-16(19)12(2)20-9-8-13-4-3-5-13/h6-7,10,12-13H,3-5,8-9,17H2,1-2H3,(H,18,19). The average molecular weight is 276 g/mol. The van der Waals surface area contributed by atoms with Gasteiger partial charge in [0.1, 0.15) is 6.10 Å². The maximum Gasteiger partial charge on any atom is 0.253 e. The summed E-state index contributed by atoms with van der Waals surface area (Å²) in [4.78, 5) is 12.0. The molecular weight excluding hydrogens is 252 g/mol. The fourth-order valence-corrected chi connectivity index (χ4v) is 2.33. The third kappa shape index (κ3) is 3.97. The zero-order valence-corrected chi connectivity index (χ0v) is 12.3. The highest BCUT2D eigenvalue weighted by molar-refractivity contribution is 5.94. The molecule has 1 aliphatic carbocycles. The number of rotatable bonds is 6. The van der Waals surface area contributed by atoms with E-state index >= 15 is 0 Å². The molecule has 110 valence electrons. The van der Waals surface area contributed by atoms with Gasteiger partial charge in [0, 0.05) is 18.0 Å². The van der Waals surface area contributed by atoms with Crippen molar-refractivity contribution in [2.24, 2.45) is 5.92 Å². The Morgan fingerprint density at radius 3 is 2.85 bits per heavy atom. The van der Waals surface area contributed by atoms with Crippen molar-refractivity contribution in [3.8, 4) is 0 Å². The molecule has 1 atom stereocenters. The fraction of sp³-hybridized carbons (Fsp3) is 0.562. The smallest absolute Gasteiger partial charge is 0.253 e. The second-order valence-electron chi connectivity index (χ2n) is 5.66. The lowest BCUT2D eigenvalue weighted by molar-refractivity contribution is -0.126. The molecule has 1 amide bonds. The Balaban J connectivity index is 1.77. The number of carbonyl (C=O) groups excluding carboxylic acids is 1. The number of hydrogen-bond acceptors (Lipinski definition) is 3. The van der Waals surface area contributed by atoms with Gasteiger partial charge in [0.2, 0.25) is 0 Å². The van der Waals surface area contributed by atoms with Crippen molar-refractivity contribution in [3.63, 3.8) is 0 Å². The molecule has 1 fully saturated rings. The van der Waals surface area contributed by atoms with Crippen LogP contribution in [-0.4, -0.2) is 18.6 Å². The molecule has 1 unspecified atom stereocenters. The number of hydrogen-bond donors (Lipinski definition) is 2. The van der Waals surface area contributed by atoms with E-state index in [9.17, 15) is 4.79 Å². The molecule has 1 saturated carbocycles. The summed E-state index contributed by atoms with van der Waals surface area (Å²) in [6.07, 6.45) is 4.62. The molecule has 1 aliphatic rings. The molecule has 20 heavy (non-hydrogen) atoms. The molecular formula is C16H24N2O2. The van der Waals surface area contributed by atoms with Crippen molar-refractivity contribution in [1.82, 2.24) is 0 Å². The van der Waals surface area contributed by atoms with E-state index in [4.69, 9.17) is 10.5 Å². The number of nitrogens with one attached hydrogen (secondary N) is 1. The van der Waals surface area contributed by atoms with E-state index in [-0.39, 0.29) is 5.91 Å². The van der Waals surface area contributed by atoms with Crippen molar-refractivity contribution >= 4 is 17.3 Å². The quantitative estimate of drug-likeness (QED) is 0.785. The van der Waals surface area contributed by atoms with Crippen LogP contribution in [0.4, 0.5) is 11.4 Å². The van der Waals surface area contributed by atoms with Gasteiger partial charge in [0.05, 0.1) is 0 Å². The summed E-state index contributed by atoms with van der Waals surface area (Å²) in [5, 5.41) is 2.88. The number of benzene rings is 1. The number of anilines is 2. The molecule has 2 rings (SSSR count). The Morgan fingerprint density at radius 1 is 1.50 bits per heavy atom. The van der Waals surface area contributed by atoms with Crippen LogP contribution in [0.2, 0.25) is 0 Å². The van der Waals surface area contributed by atoms with Gasteiger partial charge < -0.3 is 15.8 Å². The van der Waals surface area contributed by atoms with Crippen molar-refractivity contribution in [3.05, 3.63) is 23.8 Å². The topological polar surface area (TPSA) is 64.3 Å². The third-order valence-electron chi connectivity index (χ3n) is 4.00.